The van der Waals surface area contributed by atoms with Crippen LogP contribution in [0.15, 0.2) is 4.60 Å². The lowest BCUT2D eigenvalue weighted by molar-refractivity contribution is -0.624. The van der Waals surface area contributed by atoms with Crippen molar-refractivity contribution in [1.29, 1.82) is 0 Å². The maximum absolute atomic E-state index is 11.3. The molecule has 0 saturated heterocycles. The largest absolute Gasteiger partial charge is 0.618 e. The number of halogens is 2. The van der Waals surface area contributed by atoms with Gasteiger partial charge in [-0.05, 0) is 19.4 Å². The van der Waals surface area contributed by atoms with Gasteiger partial charge in [-0.2, -0.15) is 4.73 Å². The number of pyridine rings is 1. The highest BCUT2D eigenvalue weighted by atomic mass is 79.9. The Labute approximate surface area is 84.9 Å². The van der Waals surface area contributed by atoms with Crippen LogP contribution in [0.2, 0.25) is 5.02 Å². The molecule has 0 aliphatic rings. The SMILES string of the molecule is Cc1c(C)c(Br)[n+]([O-])c(C)c1Cl. The molecule has 1 aromatic rings. The topological polar surface area (TPSA) is 26.9 Å². The van der Waals surface area contributed by atoms with Gasteiger partial charge in [-0.1, -0.05) is 11.6 Å². The molecule has 12 heavy (non-hydrogen) atoms. The van der Waals surface area contributed by atoms with Crippen LogP contribution in [0.25, 0.3) is 0 Å². The van der Waals surface area contributed by atoms with Crippen LogP contribution < -0.4 is 4.73 Å². The fraction of sp³-hybridized carbons (Fsp3) is 0.375. The van der Waals surface area contributed by atoms with Gasteiger partial charge in [-0.3, -0.25) is 0 Å². The first-order chi connectivity index (χ1) is 5.46. The molecule has 0 aromatic carbocycles. The van der Waals surface area contributed by atoms with Crippen molar-refractivity contribution in [2.75, 3.05) is 0 Å². The molecule has 0 unspecified atom stereocenters. The van der Waals surface area contributed by atoms with Crippen LogP contribution in [0, 0.1) is 26.0 Å². The van der Waals surface area contributed by atoms with E-state index < -0.39 is 0 Å². The van der Waals surface area contributed by atoms with Gasteiger partial charge in [0.05, 0.1) is 0 Å². The number of nitrogens with zero attached hydrogens (tertiary/aromatic N) is 1. The Bertz CT molecular complexity index is 233. The van der Waals surface area contributed by atoms with Gasteiger partial charge in [-0.15, -0.1) is 0 Å². The summed E-state index contributed by atoms with van der Waals surface area (Å²) in [6.45, 7) is 5.46. The van der Waals surface area contributed by atoms with Crippen molar-refractivity contribution in [3.63, 3.8) is 0 Å². The van der Waals surface area contributed by atoms with Crippen LogP contribution in [-0.4, -0.2) is 0 Å². The van der Waals surface area contributed by atoms with E-state index in [2.05, 4.69) is 15.9 Å². The lowest BCUT2D eigenvalue weighted by atomic mass is 10.1. The Hall–Kier alpha value is -0.280. The third kappa shape index (κ3) is 1.31. The second-order valence-electron chi connectivity index (χ2n) is 2.73. The molecule has 0 atom stereocenters. The molecule has 0 radical (unpaired) electrons. The summed E-state index contributed by atoms with van der Waals surface area (Å²) in [5.74, 6) is 0. The minimum atomic E-state index is 0.534. The zero-order chi connectivity index (χ0) is 9.46. The van der Waals surface area contributed by atoms with E-state index in [0.717, 1.165) is 15.9 Å². The summed E-state index contributed by atoms with van der Waals surface area (Å²) in [6, 6.07) is 0. The first-order valence-electron chi connectivity index (χ1n) is 3.51. The van der Waals surface area contributed by atoms with Crippen LogP contribution in [0.3, 0.4) is 0 Å². The molecular formula is C8H9BrClNO. The molecule has 66 valence electrons. The predicted octanol–water partition coefficient (Wildman–Crippen LogP) is 2.66. The minimum Gasteiger partial charge on any atom is -0.618 e. The standard InChI is InChI=1S/C8H9BrClNO/c1-4-5(2)8(9)11(12)6(3)7(4)10/h1-3H3. The summed E-state index contributed by atoms with van der Waals surface area (Å²) in [7, 11) is 0. The molecule has 1 rings (SSSR count). The lowest BCUT2D eigenvalue weighted by Crippen LogP contribution is -2.33. The van der Waals surface area contributed by atoms with E-state index in [9.17, 15) is 5.21 Å². The van der Waals surface area contributed by atoms with Crippen LogP contribution in [0.4, 0.5) is 0 Å². The highest BCUT2D eigenvalue weighted by Gasteiger charge is 2.17. The number of aromatic nitrogens is 1. The molecule has 0 aliphatic carbocycles. The highest BCUT2D eigenvalue weighted by Crippen LogP contribution is 2.24. The lowest BCUT2D eigenvalue weighted by Gasteiger charge is -2.09. The number of rotatable bonds is 0. The van der Waals surface area contributed by atoms with Gasteiger partial charge in [0.25, 0.3) is 4.60 Å². The smallest absolute Gasteiger partial charge is 0.262 e. The molecular weight excluding hydrogens is 241 g/mol. The summed E-state index contributed by atoms with van der Waals surface area (Å²) in [4.78, 5) is 0. The molecule has 0 amide bonds. The third-order valence-corrected chi connectivity index (χ3v) is 3.48. The van der Waals surface area contributed by atoms with E-state index in [0.29, 0.717) is 15.3 Å². The Balaban J connectivity index is 3.60. The van der Waals surface area contributed by atoms with Crippen LogP contribution >= 0.6 is 27.5 Å². The van der Waals surface area contributed by atoms with Crippen molar-refractivity contribution < 1.29 is 4.73 Å². The average molecular weight is 251 g/mol. The van der Waals surface area contributed by atoms with Gasteiger partial charge in [0.15, 0.2) is 0 Å². The number of hydrogen-bond donors (Lipinski definition) is 0. The van der Waals surface area contributed by atoms with E-state index >= 15 is 0 Å². The van der Waals surface area contributed by atoms with E-state index in [1.165, 1.54) is 0 Å². The quantitative estimate of drug-likeness (QED) is 0.395. The second-order valence-corrected chi connectivity index (χ2v) is 3.86. The van der Waals surface area contributed by atoms with Crippen LogP contribution in [-0.2, 0) is 0 Å². The Kier molecular flexibility index (Phi) is 2.64. The Morgan fingerprint density at radius 3 is 2.25 bits per heavy atom. The molecule has 0 spiro atoms. The summed E-state index contributed by atoms with van der Waals surface area (Å²) >= 11 is 9.13. The van der Waals surface area contributed by atoms with Crippen molar-refractivity contribution in [3.8, 4) is 0 Å². The molecule has 2 nitrogen and oxygen atoms in total. The zero-order valence-electron chi connectivity index (χ0n) is 7.11. The first-order valence-corrected chi connectivity index (χ1v) is 4.68. The third-order valence-electron chi connectivity index (χ3n) is 2.00. The minimum absolute atomic E-state index is 0.534. The van der Waals surface area contributed by atoms with E-state index in [1.54, 1.807) is 6.92 Å². The monoisotopic (exact) mass is 249 g/mol. The second kappa shape index (κ2) is 3.23. The summed E-state index contributed by atoms with van der Waals surface area (Å²) < 4.78 is 1.34. The average Bonchev–Trinajstić information content (AvgIpc) is 2.08. The fourth-order valence-electron chi connectivity index (χ4n) is 0.979. The van der Waals surface area contributed by atoms with Gasteiger partial charge >= 0.3 is 0 Å². The van der Waals surface area contributed by atoms with Crippen molar-refractivity contribution in [1.82, 2.24) is 0 Å². The first kappa shape index (κ1) is 9.81. The maximum atomic E-state index is 11.3. The van der Waals surface area contributed by atoms with Gasteiger partial charge in [0.2, 0.25) is 5.69 Å². The van der Waals surface area contributed by atoms with Crippen molar-refractivity contribution in [2.24, 2.45) is 0 Å². The molecule has 1 heterocycles. The van der Waals surface area contributed by atoms with Gasteiger partial charge < -0.3 is 5.21 Å². The van der Waals surface area contributed by atoms with E-state index in [4.69, 9.17) is 11.6 Å². The van der Waals surface area contributed by atoms with Crippen LogP contribution in [0.5, 0.6) is 0 Å². The molecule has 0 N–H and O–H groups in total. The van der Waals surface area contributed by atoms with E-state index in [1.807, 2.05) is 13.8 Å². The van der Waals surface area contributed by atoms with Crippen molar-refractivity contribution in [2.45, 2.75) is 20.8 Å². The van der Waals surface area contributed by atoms with Gasteiger partial charge in [-0.25, -0.2) is 0 Å². The van der Waals surface area contributed by atoms with E-state index in [-0.39, 0.29) is 0 Å². The van der Waals surface area contributed by atoms with Crippen molar-refractivity contribution in [3.05, 3.63) is 31.7 Å². The predicted molar refractivity (Wildman–Crippen MR) is 52.3 cm³/mol. The summed E-state index contributed by atoms with van der Waals surface area (Å²) in [5.41, 5.74) is 2.38. The molecule has 0 fully saturated rings. The Morgan fingerprint density at radius 2 is 1.75 bits per heavy atom. The molecule has 0 aliphatic heterocycles. The maximum Gasteiger partial charge on any atom is 0.262 e. The summed E-state index contributed by atoms with van der Waals surface area (Å²) in [5, 5.41) is 11.9. The fourth-order valence-corrected chi connectivity index (χ4v) is 1.76. The van der Waals surface area contributed by atoms with Crippen LogP contribution in [0.1, 0.15) is 16.8 Å². The summed E-state index contributed by atoms with van der Waals surface area (Å²) in [6.07, 6.45) is 0. The highest BCUT2D eigenvalue weighted by molar-refractivity contribution is 9.10. The normalized spacial score (nSPS) is 10.4. The zero-order valence-corrected chi connectivity index (χ0v) is 9.45. The molecule has 4 heteroatoms. The Morgan fingerprint density at radius 1 is 1.25 bits per heavy atom. The van der Waals surface area contributed by atoms with Gasteiger partial charge in [0, 0.05) is 28.4 Å². The molecule has 1 aromatic heterocycles. The van der Waals surface area contributed by atoms with Gasteiger partial charge in [0.1, 0.15) is 5.02 Å². The number of hydrogen-bond acceptors (Lipinski definition) is 1. The molecule has 0 bridgehead atoms. The van der Waals surface area contributed by atoms with Crippen molar-refractivity contribution >= 4 is 27.5 Å². The molecule has 0 saturated carbocycles.